The fourth-order valence-corrected chi connectivity index (χ4v) is 2.25. The quantitative estimate of drug-likeness (QED) is 0.888. The summed E-state index contributed by atoms with van der Waals surface area (Å²) in [6, 6.07) is 5.08. The van der Waals surface area contributed by atoms with Crippen molar-refractivity contribution in [2.45, 2.75) is 19.6 Å². The maximum atomic E-state index is 12.4. The molecule has 1 aromatic heterocycles. The molecule has 0 spiro atoms. The van der Waals surface area contributed by atoms with Crippen molar-refractivity contribution in [1.82, 2.24) is 15.1 Å². The van der Waals surface area contributed by atoms with Gasteiger partial charge in [-0.2, -0.15) is 5.10 Å². The fraction of sp³-hybridized carbons (Fsp3) is 0.267. The van der Waals surface area contributed by atoms with Gasteiger partial charge in [0, 0.05) is 25.4 Å². The van der Waals surface area contributed by atoms with Crippen LogP contribution in [-0.2, 0) is 18.4 Å². The molecule has 0 saturated heterocycles. The van der Waals surface area contributed by atoms with Crippen LogP contribution in [0.2, 0.25) is 0 Å². The zero-order valence-corrected chi connectivity index (χ0v) is 12.3. The third kappa shape index (κ3) is 2.65. The molecule has 0 bridgehead atoms. The van der Waals surface area contributed by atoms with Gasteiger partial charge in [0.2, 0.25) is 0 Å². The van der Waals surface area contributed by atoms with Gasteiger partial charge in [0.1, 0.15) is 0 Å². The molecule has 7 nitrogen and oxygen atoms in total. The zero-order chi connectivity index (χ0) is 15.7. The van der Waals surface area contributed by atoms with Crippen molar-refractivity contribution in [3.63, 3.8) is 0 Å². The summed E-state index contributed by atoms with van der Waals surface area (Å²) in [7, 11) is 1.82. The minimum absolute atomic E-state index is 0.222. The molecule has 7 heteroatoms. The van der Waals surface area contributed by atoms with Crippen LogP contribution in [-0.4, -0.2) is 27.7 Å². The van der Waals surface area contributed by atoms with Crippen LogP contribution in [0, 0.1) is 0 Å². The van der Waals surface area contributed by atoms with Crippen molar-refractivity contribution in [1.29, 1.82) is 0 Å². The number of nitrogens with zero attached hydrogens (tertiary/aromatic N) is 2. The Morgan fingerprint density at radius 2 is 2.32 bits per heavy atom. The summed E-state index contributed by atoms with van der Waals surface area (Å²) in [5.74, 6) is -0.0808. The summed E-state index contributed by atoms with van der Waals surface area (Å²) in [4.78, 5) is 24.0. The highest BCUT2D eigenvalue weighted by Crippen LogP contribution is 2.33. The molecule has 2 aromatic rings. The molecular formula is C15H16N4O3. The molecule has 0 fully saturated rings. The number of aromatic nitrogens is 2. The topological polar surface area (TPSA) is 85.2 Å². The summed E-state index contributed by atoms with van der Waals surface area (Å²) in [6.45, 7) is 2.01. The Labute approximate surface area is 127 Å². The number of para-hydroxylation sites is 1. The molecule has 0 radical (unpaired) electrons. The van der Waals surface area contributed by atoms with Gasteiger partial charge < -0.3 is 15.4 Å². The predicted molar refractivity (Wildman–Crippen MR) is 79.5 cm³/mol. The fourth-order valence-electron chi connectivity index (χ4n) is 2.25. The Morgan fingerprint density at radius 1 is 1.50 bits per heavy atom. The van der Waals surface area contributed by atoms with Crippen molar-refractivity contribution in [2.24, 2.45) is 7.05 Å². The second-order valence-corrected chi connectivity index (χ2v) is 5.14. The van der Waals surface area contributed by atoms with Gasteiger partial charge in [0.05, 0.1) is 17.4 Å². The number of aryl methyl sites for hydroxylation is 1. The lowest BCUT2D eigenvalue weighted by atomic mass is 10.1. The van der Waals surface area contributed by atoms with Gasteiger partial charge in [-0.1, -0.05) is 6.07 Å². The first-order chi connectivity index (χ1) is 10.5. The van der Waals surface area contributed by atoms with Crippen LogP contribution in [0.15, 0.2) is 30.6 Å². The SMILES string of the molecule is CC1Oc2c(cccc2C(=O)NCc2cnn(C)c2)NC1=O. The number of hydrogen-bond donors (Lipinski definition) is 2. The van der Waals surface area contributed by atoms with Crippen LogP contribution in [0.5, 0.6) is 5.75 Å². The lowest BCUT2D eigenvalue weighted by Gasteiger charge is -2.25. The van der Waals surface area contributed by atoms with E-state index in [1.165, 1.54) is 0 Å². The van der Waals surface area contributed by atoms with E-state index in [0.717, 1.165) is 5.56 Å². The number of amides is 2. The molecule has 22 heavy (non-hydrogen) atoms. The van der Waals surface area contributed by atoms with Gasteiger partial charge in [-0.05, 0) is 19.1 Å². The van der Waals surface area contributed by atoms with Gasteiger partial charge in [0.15, 0.2) is 11.9 Å². The molecule has 0 saturated carbocycles. The maximum absolute atomic E-state index is 12.4. The third-order valence-electron chi connectivity index (χ3n) is 3.39. The predicted octanol–water partition coefficient (Wildman–Crippen LogP) is 1.07. The zero-order valence-electron chi connectivity index (χ0n) is 12.3. The van der Waals surface area contributed by atoms with E-state index in [4.69, 9.17) is 4.74 Å². The highest BCUT2D eigenvalue weighted by molar-refractivity contribution is 6.03. The lowest BCUT2D eigenvalue weighted by Crippen LogP contribution is -2.35. The van der Waals surface area contributed by atoms with Crippen LogP contribution >= 0.6 is 0 Å². The molecule has 1 unspecified atom stereocenters. The first kappa shape index (κ1) is 14.1. The molecule has 2 heterocycles. The Morgan fingerprint density at radius 3 is 3.05 bits per heavy atom. The number of carbonyl (C=O) groups excluding carboxylic acids is 2. The standard InChI is InChI=1S/C15H16N4O3/c1-9-14(20)18-12-5-3-4-11(13(12)22-9)15(21)16-6-10-7-17-19(2)8-10/h3-5,7-9H,6H2,1-2H3,(H,16,21)(H,18,20). The number of carbonyl (C=O) groups is 2. The maximum Gasteiger partial charge on any atom is 0.265 e. The molecule has 1 atom stereocenters. The largest absolute Gasteiger partial charge is 0.478 e. The number of rotatable bonds is 3. The Hall–Kier alpha value is -2.83. The smallest absolute Gasteiger partial charge is 0.265 e. The van der Waals surface area contributed by atoms with Gasteiger partial charge in [-0.15, -0.1) is 0 Å². The number of hydrogen-bond acceptors (Lipinski definition) is 4. The van der Waals surface area contributed by atoms with Crippen LogP contribution in [0.3, 0.4) is 0 Å². The Bertz CT molecular complexity index is 738. The van der Waals surface area contributed by atoms with Gasteiger partial charge >= 0.3 is 0 Å². The van der Waals surface area contributed by atoms with Crippen LogP contribution in [0.25, 0.3) is 0 Å². The summed E-state index contributed by atoms with van der Waals surface area (Å²) in [5, 5.41) is 9.59. The summed E-state index contributed by atoms with van der Waals surface area (Å²) in [5.41, 5.74) is 1.81. The van der Waals surface area contributed by atoms with E-state index >= 15 is 0 Å². The van der Waals surface area contributed by atoms with Crippen LogP contribution < -0.4 is 15.4 Å². The van der Waals surface area contributed by atoms with Crippen molar-refractivity contribution in [2.75, 3.05) is 5.32 Å². The minimum atomic E-state index is -0.625. The summed E-state index contributed by atoms with van der Waals surface area (Å²) >= 11 is 0. The van der Waals surface area contributed by atoms with Gasteiger partial charge in [-0.25, -0.2) is 0 Å². The second-order valence-electron chi connectivity index (χ2n) is 5.14. The van der Waals surface area contributed by atoms with Crippen molar-refractivity contribution < 1.29 is 14.3 Å². The van der Waals surface area contributed by atoms with Crippen LogP contribution in [0.1, 0.15) is 22.8 Å². The molecule has 1 aliphatic rings. The lowest BCUT2D eigenvalue weighted by molar-refractivity contribution is -0.122. The molecular weight excluding hydrogens is 284 g/mol. The average Bonchev–Trinajstić information content (AvgIpc) is 2.91. The number of nitrogens with one attached hydrogen (secondary N) is 2. The number of anilines is 1. The van der Waals surface area contributed by atoms with E-state index in [1.54, 1.807) is 36.0 Å². The van der Waals surface area contributed by atoms with E-state index in [-0.39, 0.29) is 11.8 Å². The highest BCUT2D eigenvalue weighted by atomic mass is 16.5. The average molecular weight is 300 g/mol. The van der Waals surface area contributed by atoms with E-state index in [0.29, 0.717) is 23.5 Å². The van der Waals surface area contributed by atoms with Crippen molar-refractivity contribution in [3.05, 3.63) is 41.7 Å². The monoisotopic (exact) mass is 300 g/mol. The first-order valence-electron chi connectivity index (χ1n) is 6.91. The minimum Gasteiger partial charge on any atom is -0.478 e. The Kier molecular flexibility index (Phi) is 3.54. The number of fused-ring (bicyclic) bond motifs is 1. The third-order valence-corrected chi connectivity index (χ3v) is 3.39. The number of ether oxygens (including phenoxy) is 1. The molecule has 2 amide bonds. The van der Waals surface area contributed by atoms with E-state index < -0.39 is 6.10 Å². The molecule has 2 N–H and O–H groups in total. The molecule has 1 aromatic carbocycles. The molecule has 1 aliphatic heterocycles. The molecule has 0 aliphatic carbocycles. The van der Waals surface area contributed by atoms with Crippen LogP contribution in [0.4, 0.5) is 5.69 Å². The molecule has 3 rings (SSSR count). The van der Waals surface area contributed by atoms with Gasteiger partial charge in [-0.3, -0.25) is 14.3 Å². The molecule has 114 valence electrons. The van der Waals surface area contributed by atoms with E-state index in [9.17, 15) is 9.59 Å². The first-order valence-corrected chi connectivity index (χ1v) is 6.91. The van der Waals surface area contributed by atoms with E-state index in [1.807, 2.05) is 13.2 Å². The normalized spacial score (nSPS) is 16.5. The van der Waals surface area contributed by atoms with Gasteiger partial charge in [0.25, 0.3) is 11.8 Å². The van der Waals surface area contributed by atoms with E-state index in [2.05, 4.69) is 15.7 Å². The Balaban J connectivity index is 1.78. The summed E-state index contributed by atoms with van der Waals surface area (Å²) in [6.07, 6.45) is 2.90. The van der Waals surface area contributed by atoms with Crippen molar-refractivity contribution >= 4 is 17.5 Å². The second kappa shape index (κ2) is 5.51. The summed E-state index contributed by atoms with van der Waals surface area (Å²) < 4.78 is 7.24. The van der Waals surface area contributed by atoms with Crippen molar-refractivity contribution in [3.8, 4) is 5.75 Å². The highest BCUT2D eigenvalue weighted by Gasteiger charge is 2.27. The number of benzene rings is 1.